The number of benzene rings is 1. The molecule has 0 fully saturated rings. The third-order valence-electron chi connectivity index (χ3n) is 2.61. The predicted octanol–water partition coefficient (Wildman–Crippen LogP) is 1.68. The number of nitrogens with zero attached hydrogens (tertiary/aromatic N) is 3. The topological polar surface area (TPSA) is 53.6 Å². The van der Waals surface area contributed by atoms with E-state index in [1.54, 1.807) is 12.5 Å². The highest BCUT2D eigenvalue weighted by Gasteiger charge is 2.03. The first-order valence-corrected chi connectivity index (χ1v) is 5.64. The Labute approximate surface area is 105 Å². The van der Waals surface area contributed by atoms with Crippen LogP contribution in [-0.2, 0) is 13.1 Å². The van der Waals surface area contributed by atoms with Crippen LogP contribution in [0, 0.1) is 17.1 Å². The lowest BCUT2D eigenvalue weighted by Crippen LogP contribution is -2.19. The standard InChI is InChI=1S/C13H13FN4/c14-13-2-1-11(8-15)12(7-13)9-16-3-5-18-6-4-17-10-18/h1-2,4,6-7,10,16H,3,5,9H2. The molecule has 4 nitrogen and oxygen atoms in total. The van der Waals surface area contributed by atoms with Crippen molar-refractivity contribution < 1.29 is 4.39 Å². The summed E-state index contributed by atoms with van der Waals surface area (Å²) in [5.41, 5.74) is 1.19. The molecule has 2 rings (SSSR count). The van der Waals surface area contributed by atoms with E-state index >= 15 is 0 Å². The summed E-state index contributed by atoms with van der Waals surface area (Å²) in [7, 11) is 0. The third kappa shape index (κ3) is 3.15. The minimum atomic E-state index is -0.319. The molecule has 0 saturated heterocycles. The van der Waals surface area contributed by atoms with Gasteiger partial charge in [-0.25, -0.2) is 9.37 Å². The molecule has 92 valence electrons. The van der Waals surface area contributed by atoms with Crippen LogP contribution in [0.2, 0.25) is 0 Å². The summed E-state index contributed by atoms with van der Waals surface area (Å²) in [6, 6.07) is 6.25. The lowest BCUT2D eigenvalue weighted by Gasteiger charge is -2.07. The lowest BCUT2D eigenvalue weighted by atomic mass is 10.1. The minimum Gasteiger partial charge on any atom is -0.336 e. The molecular weight excluding hydrogens is 231 g/mol. The largest absolute Gasteiger partial charge is 0.336 e. The maximum absolute atomic E-state index is 13.1. The Bertz CT molecular complexity index is 543. The number of hydrogen-bond donors (Lipinski definition) is 1. The zero-order valence-electron chi connectivity index (χ0n) is 9.81. The Morgan fingerprint density at radius 3 is 3.06 bits per heavy atom. The molecule has 0 spiro atoms. The monoisotopic (exact) mass is 244 g/mol. The van der Waals surface area contributed by atoms with Gasteiger partial charge in [0.15, 0.2) is 0 Å². The average molecular weight is 244 g/mol. The Hall–Kier alpha value is -2.19. The van der Waals surface area contributed by atoms with Gasteiger partial charge in [0.2, 0.25) is 0 Å². The first kappa shape index (κ1) is 12.3. The second-order valence-corrected chi connectivity index (χ2v) is 3.89. The number of imidazole rings is 1. The molecule has 0 atom stereocenters. The van der Waals surface area contributed by atoms with E-state index in [4.69, 9.17) is 5.26 Å². The molecule has 0 aliphatic carbocycles. The Balaban J connectivity index is 1.86. The second-order valence-electron chi connectivity index (χ2n) is 3.89. The molecule has 0 bridgehead atoms. The van der Waals surface area contributed by atoms with E-state index in [2.05, 4.69) is 16.4 Å². The predicted molar refractivity (Wildman–Crippen MR) is 65.0 cm³/mol. The molecule has 1 heterocycles. The fourth-order valence-corrected chi connectivity index (χ4v) is 1.67. The van der Waals surface area contributed by atoms with Crippen LogP contribution in [0.25, 0.3) is 0 Å². The van der Waals surface area contributed by atoms with Gasteiger partial charge in [-0.1, -0.05) is 0 Å². The molecule has 0 saturated carbocycles. The van der Waals surface area contributed by atoms with E-state index in [1.807, 2.05) is 10.8 Å². The van der Waals surface area contributed by atoms with Crippen LogP contribution in [0.3, 0.4) is 0 Å². The van der Waals surface area contributed by atoms with E-state index in [-0.39, 0.29) is 5.82 Å². The van der Waals surface area contributed by atoms with Gasteiger partial charge in [-0.2, -0.15) is 5.26 Å². The summed E-state index contributed by atoms with van der Waals surface area (Å²) in [6.45, 7) is 2.00. The van der Waals surface area contributed by atoms with Gasteiger partial charge in [0.05, 0.1) is 18.0 Å². The van der Waals surface area contributed by atoms with Gasteiger partial charge in [-0.05, 0) is 23.8 Å². The zero-order valence-corrected chi connectivity index (χ0v) is 9.81. The Morgan fingerprint density at radius 1 is 1.44 bits per heavy atom. The molecule has 0 amide bonds. The highest BCUT2D eigenvalue weighted by Crippen LogP contribution is 2.09. The SMILES string of the molecule is N#Cc1ccc(F)cc1CNCCn1ccnc1. The van der Waals surface area contributed by atoms with Crippen molar-refractivity contribution in [2.45, 2.75) is 13.1 Å². The van der Waals surface area contributed by atoms with Gasteiger partial charge in [0.25, 0.3) is 0 Å². The van der Waals surface area contributed by atoms with Crippen LogP contribution in [-0.4, -0.2) is 16.1 Å². The molecule has 1 aromatic carbocycles. The fourth-order valence-electron chi connectivity index (χ4n) is 1.67. The molecule has 0 aliphatic rings. The second kappa shape index (κ2) is 5.94. The molecule has 0 aliphatic heterocycles. The van der Waals surface area contributed by atoms with Crippen molar-refractivity contribution in [2.75, 3.05) is 6.54 Å². The van der Waals surface area contributed by atoms with Crippen molar-refractivity contribution in [1.29, 1.82) is 5.26 Å². The van der Waals surface area contributed by atoms with Gasteiger partial charge in [0, 0.05) is 32.0 Å². The van der Waals surface area contributed by atoms with E-state index in [9.17, 15) is 4.39 Å². The van der Waals surface area contributed by atoms with Crippen LogP contribution >= 0.6 is 0 Å². The van der Waals surface area contributed by atoms with Crippen molar-refractivity contribution in [3.8, 4) is 6.07 Å². The molecule has 5 heteroatoms. The van der Waals surface area contributed by atoms with Crippen LogP contribution in [0.1, 0.15) is 11.1 Å². The van der Waals surface area contributed by atoms with E-state index in [0.717, 1.165) is 13.1 Å². The summed E-state index contributed by atoms with van der Waals surface area (Å²) in [6.07, 6.45) is 5.34. The van der Waals surface area contributed by atoms with Crippen molar-refractivity contribution >= 4 is 0 Å². The summed E-state index contributed by atoms with van der Waals surface area (Å²) < 4.78 is 15.0. The third-order valence-corrected chi connectivity index (χ3v) is 2.61. The van der Waals surface area contributed by atoms with Gasteiger partial charge >= 0.3 is 0 Å². The van der Waals surface area contributed by atoms with Crippen molar-refractivity contribution in [2.24, 2.45) is 0 Å². The minimum absolute atomic E-state index is 0.319. The number of halogens is 1. The van der Waals surface area contributed by atoms with Crippen molar-refractivity contribution in [1.82, 2.24) is 14.9 Å². The van der Waals surface area contributed by atoms with Crippen LogP contribution in [0.15, 0.2) is 36.9 Å². The molecular formula is C13H13FN4. The van der Waals surface area contributed by atoms with Crippen LogP contribution in [0.5, 0.6) is 0 Å². The lowest BCUT2D eigenvalue weighted by molar-refractivity contribution is 0.590. The smallest absolute Gasteiger partial charge is 0.123 e. The quantitative estimate of drug-likeness (QED) is 0.814. The van der Waals surface area contributed by atoms with E-state index in [1.165, 1.54) is 18.2 Å². The summed E-state index contributed by atoms with van der Waals surface area (Å²) >= 11 is 0. The number of hydrogen-bond acceptors (Lipinski definition) is 3. The number of aromatic nitrogens is 2. The molecule has 2 aromatic rings. The van der Waals surface area contributed by atoms with Gasteiger partial charge < -0.3 is 9.88 Å². The Kier molecular flexibility index (Phi) is 4.05. The number of nitrogens with one attached hydrogen (secondary N) is 1. The molecule has 1 aromatic heterocycles. The normalized spacial score (nSPS) is 10.2. The highest BCUT2D eigenvalue weighted by atomic mass is 19.1. The molecule has 1 N–H and O–H groups in total. The first-order chi connectivity index (χ1) is 8.79. The van der Waals surface area contributed by atoms with Gasteiger partial charge in [-0.3, -0.25) is 0 Å². The number of nitriles is 1. The average Bonchev–Trinajstić information content (AvgIpc) is 2.88. The Morgan fingerprint density at radius 2 is 2.33 bits per heavy atom. The molecule has 18 heavy (non-hydrogen) atoms. The fraction of sp³-hybridized carbons (Fsp3) is 0.231. The first-order valence-electron chi connectivity index (χ1n) is 5.64. The molecule has 0 unspecified atom stereocenters. The maximum atomic E-state index is 13.1. The molecule has 0 radical (unpaired) electrons. The van der Waals surface area contributed by atoms with Crippen LogP contribution in [0.4, 0.5) is 4.39 Å². The van der Waals surface area contributed by atoms with Gasteiger partial charge in [-0.15, -0.1) is 0 Å². The van der Waals surface area contributed by atoms with Gasteiger partial charge in [0.1, 0.15) is 5.82 Å². The van der Waals surface area contributed by atoms with Crippen LogP contribution < -0.4 is 5.32 Å². The van der Waals surface area contributed by atoms with Crippen molar-refractivity contribution in [3.05, 3.63) is 53.9 Å². The highest BCUT2D eigenvalue weighted by molar-refractivity contribution is 5.37. The zero-order chi connectivity index (χ0) is 12.8. The van der Waals surface area contributed by atoms with E-state index < -0.39 is 0 Å². The number of rotatable bonds is 5. The summed E-state index contributed by atoms with van der Waals surface area (Å²) in [5, 5.41) is 12.1. The van der Waals surface area contributed by atoms with Crippen molar-refractivity contribution in [3.63, 3.8) is 0 Å². The van der Waals surface area contributed by atoms with E-state index in [0.29, 0.717) is 17.7 Å². The summed E-state index contributed by atoms with van der Waals surface area (Å²) in [4.78, 5) is 3.94. The summed E-state index contributed by atoms with van der Waals surface area (Å²) in [5.74, 6) is -0.319. The maximum Gasteiger partial charge on any atom is 0.123 e.